The van der Waals surface area contributed by atoms with E-state index in [-0.39, 0.29) is 41.3 Å². The number of alkyl halides is 3. The lowest BCUT2D eigenvalue weighted by Crippen LogP contribution is -2.49. The number of hydrogen-bond acceptors (Lipinski definition) is 6. The molecule has 0 radical (unpaired) electrons. The summed E-state index contributed by atoms with van der Waals surface area (Å²) in [5.41, 5.74) is 5.91. The smallest absolute Gasteiger partial charge is 0.416 e. The third-order valence-corrected chi connectivity index (χ3v) is 7.05. The van der Waals surface area contributed by atoms with Gasteiger partial charge in [-0.05, 0) is 68.3 Å². The topological polar surface area (TPSA) is 88.8 Å². The van der Waals surface area contributed by atoms with Crippen LogP contribution in [0.25, 0.3) is 0 Å². The van der Waals surface area contributed by atoms with E-state index in [9.17, 15) is 22.8 Å². The van der Waals surface area contributed by atoms with E-state index in [2.05, 4.69) is 16.8 Å². The van der Waals surface area contributed by atoms with E-state index in [0.29, 0.717) is 42.3 Å². The first kappa shape index (κ1) is 31.9. The molecule has 0 aliphatic carbocycles. The highest BCUT2D eigenvalue weighted by molar-refractivity contribution is 6.31. The summed E-state index contributed by atoms with van der Waals surface area (Å²) in [6, 6.07) is 11.9. The van der Waals surface area contributed by atoms with Crippen molar-refractivity contribution in [3.63, 3.8) is 0 Å². The Labute approximate surface area is 253 Å². The van der Waals surface area contributed by atoms with Crippen LogP contribution in [0.15, 0.2) is 54.7 Å². The number of nitrogen functional groups attached to an aromatic ring is 1. The first-order chi connectivity index (χ1) is 20.2. The van der Waals surface area contributed by atoms with E-state index in [4.69, 9.17) is 22.1 Å². The average Bonchev–Trinajstić information content (AvgIpc) is 2.93. The number of carbonyl (C=O) groups excluding carboxylic acids is 2. The number of Topliss-reactive ketones (excluding diaryl/α,β-unsaturated/α-hetero) is 1. The predicted molar refractivity (Wildman–Crippen MR) is 159 cm³/mol. The fraction of sp³-hybridized carbons (Fsp3) is 0.344. The molecule has 0 bridgehead atoms. The first-order valence-corrected chi connectivity index (χ1v) is 14.0. The molecule has 11 heteroatoms. The molecule has 0 spiro atoms. The summed E-state index contributed by atoms with van der Waals surface area (Å²) in [5.74, 6) is 5.65. The van der Waals surface area contributed by atoms with Crippen LogP contribution < -0.4 is 5.73 Å². The largest absolute Gasteiger partial charge is 0.444 e. The van der Waals surface area contributed by atoms with Crippen molar-refractivity contribution in [2.24, 2.45) is 0 Å². The van der Waals surface area contributed by atoms with Gasteiger partial charge in [0.05, 0.1) is 16.1 Å². The van der Waals surface area contributed by atoms with Crippen molar-refractivity contribution in [3.05, 3.63) is 93.1 Å². The van der Waals surface area contributed by atoms with Gasteiger partial charge in [0.15, 0.2) is 5.78 Å². The van der Waals surface area contributed by atoms with Crippen LogP contribution in [0, 0.1) is 11.8 Å². The van der Waals surface area contributed by atoms with Gasteiger partial charge in [0.2, 0.25) is 0 Å². The van der Waals surface area contributed by atoms with Gasteiger partial charge in [-0.15, -0.1) is 0 Å². The molecule has 3 aromatic rings. The van der Waals surface area contributed by atoms with Crippen molar-refractivity contribution in [3.8, 4) is 11.8 Å². The minimum atomic E-state index is -4.61. The van der Waals surface area contributed by atoms with E-state index in [1.165, 1.54) is 24.3 Å². The van der Waals surface area contributed by atoms with Gasteiger partial charge in [0, 0.05) is 56.5 Å². The number of pyridine rings is 1. The lowest BCUT2D eigenvalue weighted by atomic mass is 9.97. The normalized spacial score (nSPS) is 14.2. The van der Waals surface area contributed by atoms with Gasteiger partial charge in [-0.2, -0.15) is 13.2 Å². The number of piperazine rings is 1. The highest BCUT2D eigenvalue weighted by Crippen LogP contribution is 2.34. The number of halogens is 4. The molecular weight excluding hydrogens is 581 g/mol. The molecule has 2 heterocycles. The number of ketones is 1. The third-order valence-electron chi connectivity index (χ3n) is 6.72. The quantitative estimate of drug-likeness (QED) is 0.272. The van der Waals surface area contributed by atoms with Crippen LogP contribution in [0.5, 0.6) is 0 Å². The highest BCUT2D eigenvalue weighted by Gasteiger charge is 2.35. The Balaban J connectivity index is 1.46. The number of amides is 1. The summed E-state index contributed by atoms with van der Waals surface area (Å²) >= 11 is 6.27. The van der Waals surface area contributed by atoms with Crippen LogP contribution in [0.4, 0.5) is 23.8 Å². The van der Waals surface area contributed by atoms with Crippen molar-refractivity contribution in [2.75, 3.05) is 31.9 Å². The Hall–Kier alpha value is -4.07. The molecule has 0 saturated carbocycles. The lowest BCUT2D eigenvalue weighted by Gasteiger charge is -2.36. The van der Waals surface area contributed by atoms with Crippen LogP contribution in [-0.2, 0) is 23.9 Å². The molecule has 2 N–H and O–H groups in total. The second kappa shape index (κ2) is 13.1. The average molecular weight is 613 g/mol. The standard InChI is InChI=1S/C32H32ClF3N4O3/c1-31(2,3)43-30(42)40-15-13-39(14-16-40)20-25-7-6-21(17-26(25)32(34,35)36)18-28(41)24-10-11-27(33)23(19-24)9-8-22-5-4-12-38-29(22)37/h4-7,10-12,17,19H,13-16,18,20H2,1-3H3,(H2,37,38). The van der Waals surface area contributed by atoms with Gasteiger partial charge in [-0.1, -0.05) is 35.6 Å². The first-order valence-electron chi connectivity index (χ1n) is 13.6. The Morgan fingerprint density at radius 2 is 1.70 bits per heavy atom. The van der Waals surface area contributed by atoms with Crippen LogP contribution >= 0.6 is 11.6 Å². The molecular formula is C32H32ClF3N4O3. The van der Waals surface area contributed by atoms with Crippen molar-refractivity contribution in [1.29, 1.82) is 0 Å². The number of aromatic nitrogens is 1. The summed E-state index contributed by atoms with van der Waals surface area (Å²) in [6.07, 6.45) is -3.74. The molecule has 43 heavy (non-hydrogen) atoms. The van der Waals surface area contributed by atoms with Gasteiger partial charge in [-0.25, -0.2) is 9.78 Å². The second-order valence-corrected chi connectivity index (χ2v) is 11.6. The number of benzene rings is 2. The van der Waals surface area contributed by atoms with E-state index in [0.717, 1.165) is 6.07 Å². The van der Waals surface area contributed by atoms with Gasteiger partial charge in [0.25, 0.3) is 0 Å². The fourth-order valence-electron chi connectivity index (χ4n) is 4.53. The molecule has 0 unspecified atom stereocenters. The van der Waals surface area contributed by atoms with Crippen LogP contribution in [0.2, 0.25) is 5.02 Å². The zero-order chi connectivity index (χ0) is 31.4. The Kier molecular flexibility index (Phi) is 9.68. The zero-order valence-corrected chi connectivity index (χ0v) is 24.9. The Morgan fingerprint density at radius 1 is 1.00 bits per heavy atom. The molecule has 1 amide bonds. The van der Waals surface area contributed by atoms with Crippen molar-refractivity contribution >= 4 is 29.3 Å². The van der Waals surface area contributed by atoms with E-state index in [1.54, 1.807) is 50.1 Å². The molecule has 2 aromatic carbocycles. The molecule has 1 saturated heterocycles. The molecule has 7 nitrogen and oxygen atoms in total. The predicted octanol–water partition coefficient (Wildman–Crippen LogP) is 6.21. The van der Waals surface area contributed by atoms with Crippen LogP contribution in [-0.4, -0.2) is 58.4 Å². The third kappa shape index (κ3) is 8.72. The van der Waals surface area contributed by atoms with Crippen molar-refractivity contribution < 1.29 is 27.5 Å². The van der Waals surface area contributed by atoms with Gasteiger partial charge in [-0.3, -0.25) is 9.69 Å². The lowest BCUT2D eigenvalue weighted by molar-refractivity contribution is -0.138. The zero-order valence-electron chi connectivity index (χ0n) is 24.1. The molecule has 0 atom stereocenters. The summed E-state index contributed by atoms with van der Waals surface area (Å²) in [4.78, 5) is 32.8. The fourth-order valence-corrected chi connectivity index (χ4v) is 4.70. The molecule has 1 aliphatic heterocycles. The Morgan fingerprint density at radius 3 is 2.35 bits per heavy atom. The van der Waals surface area contributed by atoms with Crippen molar-refractivity contribution in [2.45, 2.75) is 45.5 Å². The summed E-state index contributed by atoms with van der Waals surface area (Å²) in [5, 5.41) is 0.321. The summed E-state index contributed by atoms with van der Waals surface area (Å²) < 4.78 is 47.7. The maximum Gasteiger partial charge on any atom is 0.416 e. The monoisotopic (exact) mass is 612 g/mol. The highest BCUT2D eigenvalue weighted by atomic mass is 35.5. The maximum absolute atomic E-state index is 14.1. The maximum atomic E-state index is 14.1. The minimum absolute atomic E-state index is 0.0614. The summed E-state index contributed by atoms with van der Waals surface area (Å²) in [7, 11) is 0. The van der Waals surface area contributed by atoms with Crippen molar-refractivity contribution in [1.82, 2.24) is 14.8 Å². The number of ether oxygens (including phenoxy) is 1. The number of carbonyl (C=O) groups is 2. The second-order valence-electron chi connectivity index (χ2n) is 11.2. The summed E-state index contributed by atoms with van der Waals surface area (Å²) in [6.45, 7) is 6.92. The van der Waals surface area contributed by atoms with Gasteiger partial charge >= 0.3 is 12.3 Å². The van der Waals surface area contributed by atoms with Gasteiger partial charge < -0.3 is 15.4 Å². The molecule has 1 fully saturated rings. The molecule has 1 aromatic heterocycles. The van der Waals surface area contributed by atoms with Crippen LogP contribution in [0.1, 0.15) is 58.9 Å². The van der Waals surface area contributed by atoms with E-state index >= 15 is 0 Å². The number of hydrogen-bond donors (Lipinski definition) is 1. The number of nitrogens with zero attached hydrogens (tertiary/aromatic N) is 3. The molecule has 226 valence electrons. The number of anilines is 1. The van der Waals surface area contributed by atoms with Crippen LogP contribution in [0.3, 0.4) is 0 Å². The molecule has 1 aliphatic rings. The molecule has 4 rings (SSSR count). The Bertz CT molecular complexity index is 1570. The van der Waals surface area contributed by atoms with Gasteiger partial charge in [0.1, 0.15) is 11.4 Å². The van der Waals surface area contributed by atoms with E-state index in [1.807, 2.05) is 4.90 Å². The SMILES string of the molecule is CC(C)(C)OC(=O)N1CCN(Cc2ccc(CC(=O)c3ccc(Cl)c(C#Cc4cccnc4N)c3)cc2C(F)(F)F)CC1. The number of rotatable bonds is 5. The van der Waals surface area contributed by atoms with E-state index < -0.39 is 23.4 Å². The number of nitrogens with two attached hydrogens (primary N) is 1. The minimum Gasteiger partial charge on any atom is -0.444 e.